The molecule has 6 nitrogen and oxygen atoms in total. The number of hydrogen-bond donors (Lipinski definition) is 6. The summed E-state index contributed by atoms with van der Waals surface area (Å²) in [6.45, 7) is 0. The second-order valence-electron chi connectivity index (χ2n) is 2.84. The van der Waals surface area contributed by atoms with Gasteiger partial charge in [0.1, 0.15) is 0 Å². The van der Waals surface area contributed by atoms with Crippen molar-refractivity contribution in [3.63, 3.8) is 0 Å². The predicted molar refractivity (Wildman–Crippen MR) is 59.8 cm³/mol. The highest BCUT2D eigenvalue weighted by Crippen LogP contribution is 2.00. The molecular formula is C7H14N2O4S2. The van der Waals surface area contributed by atoms with Crippen LogP contribution < -0.4 is 11.0 Å². The quantitative estimate of drug-likeness (QED) is 0.190. The lowest BCUT2D eigenvalue weighted by atomic mass is 10.1. The Bertz CT molecular complexity index is 197. The van der Waals surface area contributed by atoms with Gasteiger partial charge in [0.05, 0.1) is 18.5 Å². The van der Waals surface area contributed by atoms with E-state index in [2.05, 4.69) is 25.3 Å². The van der Waals surface area contributed by atoms with Gasteiger partial charge in [0, 0.05) is 11.5 Å². The molecule has 0 aromatic rings. The van der Waals surface area contributed by atoms with Gasteiger partial charge in [-0.1, -0.05) is 0 Å². The first-order valence-corrected chi connectivity index (χ1v) is 5.43. The van der Waals surface area contributed by atoms with Crippen LogP contribution in [0, 0.1) is 0 Å². The molecule has 0 amide bonds. The van der Waals surface area contributed by atoms with Crippen molar-refractivity contribution < 1.29 is 20.0 Å². The van der Waals surface area contributed by atoms with E-state index in [1.54, 1.807) is 11.0 Å². The van der Waals surface area contributed by atoms with Crippen molar-refractivity contribution in [3.8, 4) is 0 Å². The molecule has 0 saturated heterocycles. The average molecular weight is 254 g/mol. The average Bonchev–Trinajstić information content (AvgIpc) is 2.21. The summed E-state index contributed by atoms with van der Waals surface area (Å²) in [6, 6.07) is -1.76. The fourth-order valence-corrected chi connectivity index (χ4v) is 1.42. The second kappa shape index (κ2) is 8.08. The molecule has 15 heavy (non-hydrogen) atoms. The number of carbonyl (C=O) groups is 2. The molecule has 0 bridgehead atoms. The van der Waals surface area contributed by atoms with Gasteiger partial charge in [-0.25, -0.2) is 0 Å². The molecular weight excluding hydrogens is 240 g/mol. The maximum atomic E-state index is 11.3. The molecule has 88 valence electrons. The fourth-order valence-electron chi connectivity index (χ4n) is 0.847. The van der Waals surface area contributed by atoms with E-state index in [0.29, 0.717) is 0 Å². The van der Waals surface area contributed by atoms with Gasteiger partial charge in [0.15, 0.2) is 11.6 Å². The summed E-state index contributed by atoms with van der Waals surface area (Å²) < 4.78 is 0. The van der Waals surface area contributed by atoms with Crippen LogP contribution in [0.3, 0.4) is 0 Å². The van der Waals surface area contributed by atoms with Crippen LogP contribution in [0.15, 0.2) is 0 Å². The lowest BCUT2D eigenvalue weighted by Crippen LogP contribution is -2.42. The fraction of sp³-hybridized carbons (Fsp3) is 0.714. The molecule has 4 N–H and O–H groups in total. The van der Waals surface area contributed by atoms with Crippen LogP contribution in [0.25, 0.3) is 0 Å². The lowest BCUT2D eigenvalue weighted by Gasteiger charge is -2.13. The molecule has 0 aliphatic heterocycles. The zero-order chi connectivity index (χ0) is 11.8. The van der Waals surface area contributed by atoms with Gasteiger partial charge in [0.2, 0.25) is 0 Å². The molecule has 0 saturated carbocycles. The van der Waals surface area contributed by atoms with E-state index in [4.69, 9.17) is 10.4 Å². The summed E-state index contributed by atoms with van der Waals surface area (Å²) >= 11 is 7.64. The lowest BCUT2D eigenvalue weighted by molar-refractivity contribution is -0.131. The number of thiol groups is 2. The Morgan fingerprint density at radius 3 is 1.53 bits per heavy atom. The van der Waals surface area contributed by atoms with Gasteiger partial charge in [0.25, 0.3) is 0 Å². The Morgan fingerprint density at radius 1 is 1.00 bits per heavy atom. The summed E-state index contributed by atoms with van der Waals surface area (Å²) in [7, 11) is 0. The highest BCUT2D eigenvalue weighted by atomic mass is 32.1. The number of hydroxylamine groups is 2. The van der Waals surface area contributed by atoms with E-state index in [0.717, 1.165) is 0 Å². The molecule has 0 rings (SSSR count). The number of rotatable bonds is 8. The van der Waals surface area contributed by atoms with Crippen LogP contribution in [-0.2, 0) is 9.59 Å². The summed E-state index contributed by atoms with van der Waals surface area (Å²) in [5.41, 5.74) is 3.50. The van der Waals surface area contributed by atoms with Crippen molar-refractivity contribution in [3.05, 3.63) is 0 Å². The highest BCUT2D eigenvalue weighted by molar-refractivity contribution is 7.80. The van der Waals surface area contributed by atoms with Crippen molar-refractivity contribution in [1.82, 2.24) is 11.0 Å². The van der Waals surface area contributed by atoms with Gasteiger partial charge in [-0.15, -0.1) is 0 Å². The first-order chi connectivity index (χ1) is 7.10. The van der Waals surface area contributed by atoms with Crippen LogP contribution in [-0.4, -0.2) is 45.6 Å². The van der Waals surface area contributed by atoms with Gasteiger partial charge in [-0.2, -0.15) is 36.2 Å². The number of hydrogen-bond acceptors (Lipinski definition) is 8. The van der Waals surface area contributed by atoms with E-state index in [1.165, 1.54) is 0 Å². The van der Waals surface area contributed by atoms with Crippen molar-refractivity contribution in [1.29, 1.82) is 0 Å². The first-order valence-electron chi connectivity index (χ1n) is 4.17. The van der Waals surface area contributed by atoms with Crippen molar-refractivity contribution in [2.24, 2.45) is 0 Å². The van der Waals surface area contributed by atoms with Gasteiger partial charge < -0.3 is 10.4 Å². The van der Waals surface area contributed by atoms with Crippen molar-refractivity contribution in [2.75, 3.05) is 11.5 Å². The Kier molecular flexibility index (Phi) is 8.02. The Morgan fingerprint density at radius 2 is 1.33 bits per heavy atom. The van der Waals surface area contributed by atoms with Crippen LogP contribution >= 0.6 is 25.3 Å². The maximum absolute atomic E-state index is 11.3. The maximum Gasteiger partial charge on any atom is 0.160 e. The van der Waals surface area contributed by atoms with E-state index >= 15 is 0 Å². The van der Waals surface area contributed by atoms with E-state index in [9.17, 15) is 9.59 Å². The standard InChI is InChI=1S/C7H14N2O4S2/c10-6(4(2-14)8-12)1-7(11)5(3-15)9-13/h4-5,8-9,12-15H,1-3H2/t4-,5-/m0/s1. The molecule has 0 radical (unpaired) electrons. The number of carbonyl (C=O) groups excluding carboxylic acids is 2. The topological polar surface area (TPSA) is 98.7 Å². The first kappa shape index (κ1) is 14.9. The number of nitrogens with one attached hydrogen (secondary N) is 2. The van der Waals surface area contributed by atoms with Crippen LogP contribution in [0.2, 0.25) is 0 Å². The van der Waals surface area contributed by atoms with Gasteiger partial charge >= 0.3 is 0 Å². The van der Waals surface area contributed by atoms with Crippen molar-refractivity contribution in [2.45, 2.75) is 18.5 Å². The molecule has 0 spiro atoms. The van der Waals surface area contributed by atoms with Crippen LogP contribution in [0.4, 0.5) is 0 Å². The van der Waals surface area contributed by atoms with Crippen molar-refractivity contribution >= 4 is 36.8 Å². The molecule has 2 atom stereocenters. The van der Waals surface area contributed by atoms with Gasteiger partial charge in [-0.3, -0.25) is 9.59 Å². The van der Waals surface area contributed by atoms with Crippen LogP contribution in [0.5, 0.6) is 0 Å². The summed E-state index contributed by atoms with van der Waals surface area (Å²) in [5.74, 6) is -0.805. The Labute approximate surface area is 98.2 Å². The predicted octanol–water partition coefficient (Wildman–Crippen LogP) is -0.931. The number of ketones is 2. The van der Waals surface area contributed by atoms with E-state index < -0.39 is 30.1 Å². The Balaban J connectivity index is 4.21. The zero-order valence-corrected chi connectivity index (χ0v) is 9.67. The summed E-state index contributed by atoms with van der Waals surface area (Å²) in [6.07, 6.45) is -0.391. The molecule has 0 aromatic heterocycles. The third kappa shape index (κ3) is 4.96. The third-order valence-electron chi connectivity index (χ3n) is 1.80. The third-order valence-corrected chi connectivity index (χ3v) is 2.53. The largest absolute Gasteiger partial charge is 0.316 e. The van der Waals surface area contributed by atoms with Crippen LogP contribution in [0.1, 0.15) is 6.42 Å². The smallest absolute Gasteiger partial charge is 0.160 e. The van der Waals surface area contributed by atoms with E-state index in [1.807, 2.05) is 0 Å². The minimum Gasteiger partial charge on any atom is -0.316 e. The van der Waals surface area contributed by atoms with Gasteiger partial charge in [-0.05, 0) is 0 Å². The summed E-state index contributed by atoms with van der Waals surface area (Å²) in [4.78, 5) is 22.7. The molecule has 0 fully saturated rings. The summed E-state index contributed by atoms with van der Waals surface area (Å²) in [5, 5.41) is 17.1. The SMILES string of the molecule is O=C(CC(=O)[C@H](CS)NO)[C@H](CS)NO. The molecule has 8 heteroatoms. The minimum atomic E-state index is -0.878. The molecule has 0 aromatic carbocycles. The minimum absolute atomic E-state index is 0.0840. The van der Waals surface area contributed by atoms with E-state index in [-0.39, 0.29) is 11.5 Å². The second-order valence-corrected chi connectivity index (χ2v) is 3.57. The number of Topliss-reactive ketones (excluding diaryl/α,β-unsaturated/α-hetero) is 2. The monoisotopic (exact) mass is 254 g/mol. The molecule has 0 aliphatic rings. The zero-order valence-electron chi connectivity index (χ0n) is 7.88. The highest BCUT2D eigenvalue weighted by Gasteiger charge is 2.23. The molecule has 0 aliphatic carbocycles. The normalized spacial score (nSPS) is 14.7. The molecule has 0 unspecified atom stereocenters. The molecule has 0 heterocycles. The Hall–Kier alpha value is -0.120.